The first-order valence-corrected chi connectivity index (χ1v) is 11.3. The number of rotatable bonds is 5. The van der Waals surface area contributed by atoms with Crippen LogP contribution in [0.25, 0.3) is 22.1 Å². The van der Waals surface area contributed by atoms with Crippen LogP contribution in [0.3, 0.4) is 0 Å². The Morgan fingerprint density at radius 3 is 2.58 bits per heavy atom. The molecule has 33 heavy (non-hydrogen) atoms. The van der Waals surface area contributed by atoms with E-state index in [9.17, 15) is 26.4 Å². The summed E-state index contributed by atoms with van der Waals surface area (Å²) in [7, 11) is -1.76. The van der Waals surface area contributed by atoms with Crippen molar-refractivity contribution in [2.45, 2.75) is 18.0 Å². The van der Waals surface area contributed by atoms with Crippen LogP contribution in [0.5, 0.6) is 5.75 Å². The van der Waals surface area contributed by atoms with Gasteiger partial charge in [-0.05, 0) is 44.8 Å². The predicted octanol–water partition coefficient (Wildman–Crippen LogP) is 3.22. The topological polar surface area (TPSA) is 93.0 Å². The molecule has 1 saturated heterocycles. The molecule has 1 aromatic carbocycles. The molecule has 8 nitrogen and oxygen atoms in total. The van der Waals surface area contributed by atoms with Crippen LogP contribution in [0.4, 0.5) is 19.0 Å². The molecular weight excluding hydrogens is 463 g/mol. The number of aromatic nitrogens is 1. The molecule has 3 aromatic rings. The summed E-state index contributed by atoms with van der Waals surface area (Å²) in [6, 6.07) is 7.03. The van der Waals surface area contributed by atoms with Crippen molar-refractivity contribution in [1.82, 2.24) is 9.88 Å². The number of likely N-dealkylation sites (N-methyl/N-ethyl adjacent to an activating group) is 1. The van der Waals surface area contributed by atoms with Crippen LogP contribution in [-0.4, -0.2) is 57.0 Å². The lowest BCUT2D eigenvalue weighted by atomic mass is 10.1. The zero-order chi connectivity index (χ0) is 24.0. The summed E-state index contributed by atoms with van der Waals surface area (Å²) in [4.78, 5) is 21.7. The standard InChI is InChI=1S/C21H20F3N3O5S/c1-26(2)14-7-8-27(11-14)19-6-3-13(10-25-19)17-12-31-18-9-15(4-5-16(18)20(17)28)32-33(29,30)21(22,23)24/h3-6,9-10,12,14H,7-8,11H2,1-2H3/t14-/m1/s1. The smallest absolute Gasteiger partial charge is 0.463 e. The molecule has 1 fully saturated rings. The van der Waals surface area contributed by atoms with Gasteiger partial charge >= 0.3 is 15.6 Å². The monoisotopic (exact) mass is 483 g/mol. The number of anilines is 1. The molecule has 2 aromatic heterocycles. The van der Waals surface area contributed by atoms with Crippen LogP contribution in [0.2, 0.25) is 0 Å². The van der Waals surface area contributed by atoms with E-state index < -0.39 is 26.8 Å². The molecule has 0 aliphatic carbocycles. The van der Waals surface area contributed by atoms with Crippen molar-refractivity contribution < 1.29 is 30.2 Å². The van der Waals surface area contributed by atoms with Crippen molar-refractivity contribution >= 4 is 26.9 Å². The minimum atomic E-state index is -5.83. The zero-order valence-electron chi connectivity index (χ0n) is 17.7. The van der Waals surface area contributed by atoms with Gasteiger partial charge in [-0.1, -0.05) is 0 Å². The van der Waals surface area contributed by atoms with Crippen molar-refractivity contribution in [3.63, 3.8) is 0 Å². The van der Waals surface area contributed by atoms with Crippen LogP contribution in [0, 0.1) is 0 Å². The van der Waals surface area contributed by atoms with E-state index in [-0.39, 0.29) is 16.5 Å². The average Bonchev–Trinajstić information content (AvgIpc) is 3.24. The summed E-state index contributed by atoms with van der Waals surface area (Å²) in [5, 5.41) is 0.0571. The van der Waals surface area contributed by atoms with Crippen LogP contribution in [-0.2, 0) is 10.1 Å². The Bertz CT molecular complexity index is 1340. The number of halogens is 3. The summed E-state index contributed by atoms with van der Waals surface area (Å²) >= 11 is 0. The Morgan fingerprint density at radius 1 is 1.21 bits per heavy atom. The number of nitrogens with zero attached hydrogens (tertiary/aromatic N) is 3. The van der Waals surface area contributed by atoms with Gasteiger partial charge in [0.25, 0.3) is 0 Å². The lowest BCUT2D eigenvalue weighted by Crippen LogP contribution is -2.31. The summed E-state index contributed by atoms with van der Waals surface area (Å²) < 4.78 is 69.4. The van der Waals surface area contributed by atoms with Gasteiger partial charge in [0.2, 0.25) is 5.43 Å². The maximum Gasteiger partial charge on any atom is 0.534 e. The van der Waals surface area contributed by atoms with Gasteiger partial charge in [-0.3, -0.25) is 4.79 Å². The molecule has 0 spiro atoms. The van der Waals surface area contributed by atoms with Gasteiger partial charge in [-0.2, -0.15) is 21.6 Å². The second-order valence-electron chi connectivity index (χ2n) is 7.88. The van der Waals surface area contributed by atoms with Crippen molar-refractivity contribution in [3.8, 4) is 16.9 Å². The third-order valence-electron chi connectivity index (χ3n) is 5.51. The van der Waals surface area contributed by atoms with E-state index >= 15 is 0 Å². The highest BCUT2D eigenvalue weighted by atomic mass is 32.2. The van der Waals surface area contributed by atoms with Crippen LogP contribution < -0.4 is 14.5 Å². The van der Waals surface area contributed by atoms with Gasteiger partial charge < -0.3 is 18.4 Å². The molecule has 0 radical (unpaired) electrons. The molecule has 176 valence electrons. The number of alkyl halides is 3. The number of hydrogen-bond donors (Lipinski definition) is 0. The molecule has 0 amide bonds. The van der Waals surface area contributed by atoms with Crippen LogP contribution >= 0.6 is 0 Å². The Labute approximate surface area is 187 Å². The van der Waals surface area contributed by atoms with Gasteiger partial charge in [0.05, 0.1) is 10.9 Å². The summed E-state index contributed by atoms with van der Waals surface area (Å²) in [5.41, 5.74) is -5.41. The largest absolute Gasteiger partial charge is 0.534 e. The maximum absolute atomic E-state index is 12.9. The highest BCUT2D eigenvalue weighted by Gasteiger charge is 2.48. The fourth-order valence-electron chi connectivity index (χ4n) is 3.64. The van der Waals surface area contributed by atoms with Crippen molar-refractivity contribution in [3.05, 3.63) is 53.0 Å². The Morgan fingerprint density at radius 2 is 1.97 bits per heavy atom. The van der Waals surface area contributed by atoms with E-state index in [1.807, 2.05) is 20.2 Å². The first-order chi connectivity index (χ1) is 15.5. The van der Waals surface area contributed by atoms with E-state index in [1.165, 1.54) is 0 Å². The fraction of sp³-hybridized carbons (Fsp3) is 0.333. The molecule has 1 aliphatic heterocycles. The third-order valence-corrected chi connectivity index (χ3v) is 6.49. The summed E-state index contributed by atoms with van der Waals surface area (Å²) in [6.45, 7) is 1.73. The number of pyridine rings is 1. The van der Waals surface area contributed by atoms with Gasteiger partial charge in [0, 0.05) is 37.0 Å². The normalized spacial score (nSPS) is 17.2. The van der Waals surface area contributed by atoms with Crippen LogP contribution in [0.1, 0.15) is 6.42 Å². The molecule has 0 saturated carbocycles. The number of benzene rings is 1. The highest BCUT2D eigenvalue weighted by molar-refractivity contribution is 7.88. The second-order valence-corrected chi connectivity index (χ2v) is 9.41. The molecule has 0 bridgehead atoms. The molecule has 4 rings (SSSR count). The number of fused-ring (bicyclic) bond motifs is 1. The van der Waals surface area contributed by atoms with Crippen molar-refractivity contribution in [2.75, 3.05) is 32.1 Å². The van der Waals surface area contributed by atoms with E-state index in [0.29, 0.717) is 11.6 Å². The first-order valence-electron chi connectivity index (χ1n) is 9.90. The van der Waals surface area contributed by atoms with E-state index in [0.717, 1.165) is 49.8 Å². The van der Waals surface area contributed by atoms with E-state index in [4.69, 9.17) is 4.42 Å². The van der Waals surface area contributed by atoms with Gasteiger partial charge in [0.1, 0.15) is 23.4 Å². The summed E-state index contributed by atoms with van der Waals surface area (Å²) in [5.74, 6) is 0.171. The molecular formula is C21H20F3N3O5S. The molecule has 1 aliphatic rings. The quantitative estimate of drug-likeness (QED) is 0.404. The molecule has 0 unspecified atom stereocenters. The number of hydrogen-bond acceptors (Lipinski definition) is 8. The molecule has 1 atom stereocenters. The first kappa shape index (κ1) is 23.1. The predicted molar refractivity (Wildman–Crippen MR) is 116 cm³/mol. The van der Waals surface area contributed by atoms with Crippen molar-refractivity contribution in [2.24, 2.45) is 0 Å². The Balaban J connectivity index is 1.59. The highest BCUT2D eigenvalue weighted by Crippen LogP contribution is 2.29. The van der Waals surface area contributed by atoms with E-state index in [2.05, 4.69) is 19.0 Å². The van der Waals surface area contributed by atoms with Gasteiger partial charge in [0.15, 0.2) is 0 Å². The zero-order valence-corrected chi connectivity index (χ0v) is 18.5. The Hall–Kier alpha value is -3.12. The minimum Gasteiger partial charge on any atom is -0.463 e. The van der Waals surface area contributed by atoms with Crippen LogP contribution in [0.15, 0.2) is 52.0 Å². The average molecular weight is 483 g/mol. The third kappa shape index (κ3) is 4.53. The molecule has 3 heterocycles. The Kier molecular flexibility index (Phi) is 5.83. The van der Waals surface area contributed by atoms with Crippen molar-refractivity contribution in [1.29, 1.82) is 0 Å². The fourth-order valence-corrected chi connectivity index (χ4v) is 4.09. The minimum absolute atomic E-state index is 0.0571. The maximum atomic E-state index is 12.9. The summed E-state index contributed by atoms with van der Waals surface area (Å²) in [6.07, 6.45) is 3.74. The lowest BCUT2D eigenvalue weighted by Gasteiger charge is -2.21. The van der Waals surface area contributed by atoms with E-state index in [1.54, 1.807) is 12.3 Å². The molecule has 12 heteroatoms. The lowest BCUT2D eigenvalue weighted by molar-refractivity contribution is -0.0500. The molecule has 0 N–H and O–H groups in total. The van der Waals surface area contributed by atoms with Gasteiger partial charge in [-0.25, -0.2) is 4.98 Å². The second kappa shape index (κ2) is 8.34. The van der Waals surface area contributed by atoms with Gasteiger partial charge in [-0.15, -0.1) is 0 Å². The SMILES string of the molecule is CN(C)[C@@H]1CCN(c2ccc(-c3coc4cc(OS(=O)(=O)C(F)(F)F)ccc4c3=O)cn2)C1.